The van der Waals surface area contributed by atoms with E-state index in [1.54, 1.807) is 0 Å². The Balaban J connectivity index is 1.57. The summed E-state index contributed by atoms with van der Waals surface area (Å²) in [7, 11) is 0. The molecule has 3 rings (SSSR count). The standard InChI is InChI=1S/C18H25NO/c1-14(2)16-8-10-18(11-9-16)13-17(19-20-18)12-15-6-4-3-5-7-15/h3-7,14,16H,8-13H2,1-2H3. The Labute approximate surface area is 122 Å². The third-order valence-electron chi connectivity index (χ3n) is 5.03. The predicted molar refractivity (Wildman–Crippen MR) is 82.8 cm³/mol. The van der Waals surface area contributed by atoms with E-state index in [4.69, 9.17) is 4.84 Å². The highest BCUT2D eigenvalue weighted by Crippen LogP contribution is 2.42. The van der Waals surface area contributed by atoms with Crippen molar-refractivity contribution >= 4 is 5.71 Å². The Bertz CT molecular complexity index is 469. The lowest BCUT2D eigenvalue weighted by molar-refractivity contribution is -0.0578. The molecule has 20 heavy (non-hydrogen) atoms. The third kappa shape index (κ3) is 2.89. The summed E-state index contributed by atoms with van der Waals surface area (Å²) < 4.78 is 0. The van der Waals surface area contributed by atoms with Gasteiger partial charge >= 0.3 is 0 Å². The van der Waals surface area contributed by atoms with Gasteiger partial charge in [-0.2, -0.15) is 0 Å². The van der Waals surface area contributed by atoms with Crippen LogP contribution in [0.15, 0.2) is 35.5 Å². The molecule has 1 fully saturated rings. The van der Waals surface area contributed by atoms with Gasteiger partial charge in [-0.25, -0.2) is 0 Å². The third-order valence-corrected chi connectivity index (χ3v) is 5.03. The zero-order valence-electron chi connectivity index (χ0n) is 12.6. The lowest BCUT2D eigenvalue weighted by Gasteiger charge is -2.36. The van der Waals surface area contributed by atoms with E-state index in [0.717, 1.165) is 24.7 Å². The van der Waals surface area contributed by atoms with Gasteiger partial charge in [0, 0.05) is 12.8 Å². The van der Waals surface area contributed by atoms with Gasteiger partial charge in [-0.1, -0.05) is 49.3 Å². The molecule has 0 radical (unpaired) electrons. The monoisotopic (exact) mass is 271 g/mol. The van der Waals surface area contributed by atoms with Crippen LogP contribution in [0.25, 0.3) is 0 Å². The minimum atomic E-state index is 0.0372. The largest absolute Gasteiger partial charge is 0.389 e. The summed E-state index contributed by atoms with van der Waals surface area (Å²) in [4.78, 5) is 5.88. The molecule has 0 unspecified atom stereocenters. The highest BCUT2D eigenvalue weighted by Gasteiger charge is 2.42. The molecule has 0 amide bonds. The van der Waals surface area contributed by atoms with E-state index < -0.39 is 0 Å². The van der Waals surface area contributed by atoms with E-state index in [1.165, 1.54) is 37.0 Å². The van der Waals surface area contributed by atoms with Crippen molar-refractivity contribution in [2.75, 3.05) is 0 Å². The van der Waals surface area contributed by atoms with E-state index in [-0.39, 0.29) is 5.60 Å². The van der Waals surface area contributed by atoms with Crippen LogP contribution >= 0.6 is 0 Å². The lowest BCUT2D eigenvalue weighted by Crippen LogP contribution is -2.35. The Hall–Kier alpha value is -1.31. The topological polar surface area (TPSA) is 21.6 Å². The summed E-state index contributed by atoms with van der Waals surface area (Å²) in [5.41, 5.74) is 2.59. The van der Waals surface area contributed by atoms with E-state index >= 15 is 0 Å². The quantitative estimate of drug-likeness (QED) is 0.788. The van der Waals surface area contributed by atoms with Crippen LogP contribution in [0, 0.1) is 11.8 Å². The van der Waals surface area contributed by atoms with Crippen molar-refractivity contribution in [2.45, 2.75) is 58.0 Å². The van der Waals surface area contributed by atoms with Gasteiger partial charge in [0.05, 0.1) is 5.71 Å². The minimum Gasteiger partial charge on any atom is -0.389 e. The second-order valence-electron chi connectivity index (χ2n) is 6.85. The molecule has 1 aliphatic carbocycles. The molecular weight excluding hydrogens is 246 g/mol. The SMILES string of the molecule is CC(C)C1CCC2(CC1)CC(Cc1ccccc1)=NO2. The van der Waals surface area contributed by atoms with Crippen molar-refractivity contribution in [1.82, 2.24) is 0 Å². The summed E-state index contributed by atoms with van der Waals surface area (Å²) in [6.07, 6.45) is 6.93. The highest BCUT2D eigenvalue weighted by molar-refractivity contribution is 5.88. The van der Waals surface area contributed by atoms with E-state index in [2.05, 4.69) is 49.3 Å². The van der Waals surface area contributed by atoms with Crippen LogP contribution in [0.2, 0.25) is 0 Å². The van der Waals surface area contributed by atoms with Crippen LogP contribution < -0.4 is 0 Å². The second kappa shape index (κ2) is 5.59. The Morgan fingerprint density at radius 3 is 2.55 bits per heavy atom. The zero-order chi connectivity index (χ0) is 14.0. The average molecular weight is 271 g/mol. The molecule has 1 aromatic carbocycles. The summed E-state index contributed by atoms with van der Waals surface area (Å²) in [6, 6.07) is 10.6. The van der Waals surface area contributed by atoms with E-state index in [0.29, 0.717) is 0 Å². The Morgan fingerprint density at radius 2 is 1.90 bits per heavy atom. The first-order valence-corrected chi connectivity index (χ1v) is 7.95. The van der Waals surface area contributed by atoms with Gasteiger partial charge in [-0.3, -0.25) is 0 Å². The molecule has 2 nitrogen and oxygen atoms in total. The lowest BCUT2D eigenvalue weighted by atomic mass is 9.73. The van der Waals surface area contributed by atoms with Crippen molar-refractivity contribution < 1.29 is 4.84 Å². The highest BCUT2D eigenvalue weighted by atomic mass is 16.7. The molecule has 1 aliphatic heterocycles. The maximum absolute atomic E-state index is 5.88. The first kappa shape index (κ1) is 13.7. The molecule has 0 aromatic heterocycles. The molecule has 1 heterocycles. The fourth-order valence-electron chi connectivity index (χ4n) is 3.63. The smallest absolute Gasteiger partial charge is 0.143 e. The molecular formula is C18H25NO. The molecule has 1 spiro atoms. The molecule has 1 saturated carbocycles. The van der Waals surface area contributed by atoms with E-state index in [1.807, 2.05) is 0 Å². The van der Waals surface area contributed by atoms with E-state index in [9.17, 15) is 0 Å². The Kier molecular flexibility index (Phi) is 3.82. The van der Waals surface area contributed by atoms with Crippen LogP contribution in [0.3, 0.4) is 0 Å². The molecule has 2 heteroatoms. The maximum Gasteiger partial charge on any atom is 0.143 e. The molecule has 1 aromatic rings. The van der Waals surface area contributed by atoms with Gasteiger partial charge in [-0.05, 0) is 43.1 Å². The van der Waals surface area contributed by atoms with Gasteiger partial charge < -0.3 is 4.84 Å². The number of nitrogens with zero attached hydrogens (tertiary/aromatic N) is 1. The number of benzene rings is 1. The number of hydrogen-bond donors (Lipinski definition) is 0. The molecule has 0 saturated heterocycles. The molecule has 108 valence electrons. The summed E-state index contributed by atoms with van der Waals surface area (Å²) in [5, 5.41) is 4.39. The fourth-order valence-corrected chi connectivity index (χ4v) is 3.63. The van der Waals surface area contributed by atoms with Crippen molar-refractivity contribution in [2.24, 2.45) is 17.0 Å². The number of hydrogen-bond acceptors (Lipinski definition) is 2. The van der Waals surface area contributed by atoms with Crippen molar-refractivity contribution in [3.8, 4) is 0 Å². The van der Waals surface area contributed by atoms with Gasteiger partial charge in [0.15, 0.2) is 0 Å². The maximum atomic E-state index is 5.88. The molecule has 0 bridgehead atoms. The average Bonchev–Trinajstić information content (AvgIpc) is 2.83. The van der Waals surface area contributed by atoms with Crippen LogP contribution in [0.1, 0.15) is 51.5 Å². The van der Waals surface area contributed by atoms with Crippen molar-refractivity contribution in [3.05, 3.63) is 35.9 Å². The first-order valence-electron chi connectivity index (χ1n) is 7.95. The normalized spacial score (nSPS) is 29.6. The van der Waals surface area contributed by atoms with Crippen LogP contribution in [0.5, 0.6) is 0 Å². The van der Waals surface area contributed by atoms with Gasteiger partial charge in [0.1, 0.15) is 5.60 Å². The predicted octanol–water partition coefficient (Wildman–Crippen LogP) is 4.59. The van der Waals surface area contributed by atoms with Gasteiger partial charge in [-0.15, -0.1) is 0 Å². The number of rotatable bonds is 3. The Morgan fingerprint density at radius 1 is 1.20 bits per heavy atom. The molecule has 2 aliphatic rings. The molecule has 0 N–H and O–H groups in total. The minimum absolute atomic E-state index is 0.0372. The summed E-state index contributed by atoms with van der Waals surface area (Å²) in [6.45, 7) is 4.69. The van der Waals surface area contributed by atoms with Crippen LogP contribution in [-0.4, -0.2) is 11.3 Å². The second-order valence-corrected chi connectivity index (χ2v) is 6.85. The van der Waals surface area contributed by atoms with Crippen LogP contribution in [-0.2, 0) is 11.3 Å². The van der Waals surface area contributed by atoms with Crippen molar-refractivity contribution in [1.29, 1.82) is 0 Å². The zero-order valence-corrected chi connectivity index (χ0v) is 12.6. The first-order chi connectivity index (χ1) is 9.67. The molecule has 0 atom stereocenters. The number of oxime groups is 1. The summed E-state index contributed by atoms with van der Waals surface area (Å²) in [5.74, 6) is 1.68. The van der Waals surface area contributed by atoms with Gasteiger partial charge in [0.25, 0.3) is 0 Å². The summed E-state index contributed by atoms with van der Waals surface area (Å²) >= 11 is 0. The van der Waals surface area contributed by atoms with Crippen molar-refractivity contribution in [3.63, 3.8) is 0 Å². The van der Waals surface area contributed by atoms with Gasteiger partial charge in [0.2, 0.25) is 0 Å². The van der Waals surface area contributed by atoms with Crippen LogP contribution in [0.4, 0.5) is 0 Å². The fraction of sp³-hybridized carbons (Fsp3) is 0.611.